The predicted octanol–water partition coefficient (Wildman–Crippen LogP) is 4.87. The zero-order valence-corrected chi connectivity index (χ0v) is 10.1. The zero-order chi connectivity index (χ0) is 9.90. The first kappa shape index (κ1) is 11.1. The lowest BCUT2D eigenvalue weighted by Gasteiger charge is -2.27. The average molecular weight is 217 g/mol. The van der Waals surface area contributed by atoms with Crippen molar-refractivity contribution in [1.82, 2.24) is 0 Å². The molecule has 0 radical (unpaired) electrons. The summed E-state index contributed by atoms with van der Waals surface area (Å²) in [5, 5.41) is 5.17. The largest absolute Gasteiger partial charge is 0.151 e. The molecule has 0 amide bonds. The number of hydrogen-bond acceptors (Lipinski definition) is 1. The van der Waals surface area contributed by atoms with Crippen LogP contribution in [0.2, 0.25) is 5.02 Å². The van der Waals surface area contributed by atoms with Gasteiger partial charge in [0, 0.05) is 5.38 Å². The molecule has 0 spiro atoms. The fourth-order valence-corrected chi connectivity index (χ4v) is 3.13. The Morgan fingerprint density at radius 2 is 2.08 bits per heavy atom. The predicted molar refractivity (Wildman–Crippen MR) is 61.9 cm³/mol. The van der Waals surface area contributed by atoms with Gasteiger partial charge in [0.05, 0.1) is 5.02 Å². The van der Waals surface area contributed by atoms with Gasteiger partial charge in [-0.15, -0.1) is 0 Å². The van der Waals surface area contributed by atoms with E-state index in [1.165, 1.54) is 18.4 Å². The summed E-state index contributed by atoms with van der Waals surface area (Å²) in [7, 11) is 0. The van der Waals surface area contributed by atoms with Crippen LogP contribution >= 0.6 is 22.9 Å². The highest BCUT2D eigenvalue weighted by atomic mass is 35.5. The van der Waals surface area contributed by atoms with Crippen LogP contribution in [-0.4, -0.2) is 0 Å². The van der Waals surface area contributed by atoms with Crippen LogP contribution < -0.4 is 0 Å². The molecule has 0 bridgehead atoms. The molecular formula is C11H17ClS. The van der Waals surface area contributed by atoms with Gasteiger partial charge in [0.1, 0.15) is 0 Å². The molecule has 0 aliphatic carbocycles. The molecule has 0 aliphatic rings. The third-order valence-corrected chi connectivity index (χ3v) is 4.03. The molecule has 0 nitrogen and oxygen atoms in total. The van der Waals surface area contributed by atoms with E-state index < -0.39 is 0 Å². The van der Waals surface area contributed by atoms with Crippen LogP contribution in [0.1, 0.15) is 45.6 Å². The number of halogens is 1. The van der Waals surface area contributed by atoms with E-state index in [1.54, 1.807) is 11.3 Å². The summed E-state index contributed by atoms with van der Waals surface area (Å²) in [5.74, 6) is 0. The molecule has 0 aromatic carbocycles. The van der Waals surface area contributed by atoms with Gasteiger partial charge in [-0.05, 0) is 29.2 Å². The molecule has 1 rings (SSSR count). The Bertz CT molecular complexity index is 267. The molecule has 0 aliphatic heterocycles. The Labute approximate surface area is 89.9 Å². The second-order valence-corrected chi connectivity index (χ2v) is 4.95. The molecule has 1 unspecified atom stereocenters. The lowest BCUT2D eigenvalue weighted by Crippen LogP contribution is -2.19. The van der Waals surface area contributed by atoms with Gasteiger partial charge >= 0.3 is 0 Å². The van der Waals surface area contributed by atoms with E-state index in [1.807, 2.05) is 5.38 Å². The SMILES string of the molecule is CCCC(C)(CC)c1cscc1Cl. The first-order valence-corrected chi connectivity index (χ1v) is 6.18. The van der Waals surface area contributed by atoms with Crippen molar-refractivity contribution < 1.29 is 0 Å². The van der Waals surface area contributed by atoms with Crippen LogP contribution in [0.5, 0.6) is 0 Å². The van der Waals surface area contributed by atoms with E-state index >= 15 is 0 Å². The Hall–Kier alpha value is -0.0100. The van der Waals surface area contributed by atoms with Gasteiger partial charge in [0.2, 0.25) is 0 Å². The fourth-order valence-electron chi connectivity index (χ4n) is 1.77. The van der Waals surface area contributed by atoms with Crippen molar-refractivity contribution in [2.45, 2.75) is 45.4 Å². The molecule has 1 aromatic heterocycles. The lowest BCUT2D eigenvalue weighted by molar-refractivity contribution is 0.415. The van der Waals surface area contributed by atoms with E-state index in [0.717, 1.165) is 11.4 Å². The molecule has 13 heavy (non-hydrogen) atoms. The molecule has 0 saturated heterocycles. The zero-order valence-electron chi connectivity index (χ0n) is 8.56. The quantitative estimate of drug-likeness (QED) is 0.674. The molecule has 1 atom stereocenters. The highest BCUT2D eigenvalue weighted by Crippen LogP contribution is 2.38. The molecule has 74 valence electrons. The Morgan fingerprint density at radius 1 is 1.38 bits per heavy atom. The topological polar surface area (TPSA) is 0 Å². The van der Waals surface area contributed by atoms with Gasteiger partial charge in [-0.1, -0.05) is 38.8 Å². The highest BCUT2D eigenvalue weighted by molar-refractivity contribution is 7.08. The number of thiophene rings is 1. The maximum atomic E-state index is 6.15. The Kier molecular flexibility index (Phi) is 3.81. The smallest absolute Gasteiger partial charge is 0.0550 e. The van der Waals surface area contributed by atoms with E-state index in [4.69, 9.17) is 11.6 Å². The monoisotopic (exact) mass is 216 g/mol. The summed E-state index contributed by atoms with van der Waals surface area (Å²) in [5.41, 5.74) is 1.62. The van der Waals surface area contributed by atoms with Crippen molar-refractivity contribution in [3.05, 3.63) is 21.3 Å². The van der Waals surface area contributed by atoms with Gasteiger partial charge < -0.3 is 0 Å². The molecule has 0 fully saturated rings. The normalized spacial score (nSPS) is 15.7. The minimum Gasteiger partial charge on any atom is -0.151 e. The van der Waals surface area contributed by atoms with Crippen LogP contribution in [0.15, 0.2) is 10.8 Å². The Balaban J connectivity index is 2.95. The summed E-state index contributed by atoms with van der Waals surface area (Å²) < 4.78 is 0. The van der Waals surface area contributed by atoms with Crippen molar-refractivity contribution >= 4 is 22.9 Å². The molecule has 0 saturated carbocycles. The maximum Gasteiger partial charge on any atom is 0.0550 e. The molecule has 0 N–H and O–H groups in total. The van der Waals surface area contributed by atoms with Crippen LogP contribution in [0.3, 0.4) is 0 Å². The van der Waals surface area contributed by atoms with Crippen molar-refractivity contribution in [3.8, 4) is 0 Å². The second-order valence-electron chi connectivity index (χ2n) is 3.80. The van der Waals surface area contributed by atoms with Crippen LogP contribution in [0, 0.1) is 0 Å². The van der Waals surface area contributed by atoms with Gasteiger partial charge in [-0.25, -0.2) is 0 Å². The summed E-state index contributed by atoms with van der Waals surface area (Å²) in [6, 6.07) is 0. The van der Waals surface area contributed by atoms with Crippen LogP contribution in [-0.2, 0) is 5.41 Å². The molecule has 1 aromatic rings. The summed E-state index contributed by atoms with van der Waals surface area (Å²) >= 11 is 7.85. The number of hydrogen-bond donors (Lipinski definition) is 0. The Morgan fingerprint density at radius 3 is 2.46 bits per heavy atom. The minimum absolute atomic E-state index is 0.284. The van der Waals surface area contributed by atoms with E-state index in [2.05, 4.69) is 26.2 Å². The lowest BCUT2D eigenvalue weighted by atomic mass is 9.78. The van der Waals surface area contributed by atoms with Crippen molar-refractivity contribution in [2.24, 2.45) is 0 Å². The van der Waals surface area contributed by atoms with E-state index in [0.29, 0.717) is 0 Å². The van der Waals surface area contributed by atoms with Gasteiger partial charge in [0.15, 0.2) is 0 Å². The van der Waals surface area contributed by atoms with Gasteiger partial charge in [0.25, 0.3) is 0 Å². The van der Waals surface area contributed by atoms with Crippen molar-refractivity contribution in [1.29, 1.82) is 0 Å². The molecule has 1 heterocycles. The average Bonchev–Trinajstić information content (AvgIpc) is 2.52. The summed E-state index contributed by atoms with van der Waals surface area (Å²) in [6.45, 7) is 6.78. The minimum atomic E-state index is 0.284. The third-order valence-electron chi connectivity index (χ3n) is 2.85. The van der Waals surface area contributed by atoms with Crippen molar-refractivity contribution in [2.75, 3.05) is 0 Å². The molecule has 2 heteroatoms. The first-order valence-electron chi connectivity index (χ1n) is 4.86. The molecular weight excluding hydrogens is 200 g/mol. The van der Waals surface area contributed by atoms with E-state index in [9.17, 15) is 0 Å². The standard InChI is InChI=1S/C11H17ClS/c1-4-6-11(3,5-2)9-7-13-8-10(9)12/h7-8H,4-6H2,1-3H3. The first-order chi connectivity index (χ1) is 6.14. The fraction of sp³-hybridized carbons (Fsp3) is 0.636. The van der Waals surface area contributed by atoms with Crippen molar-refractivity contribution in [3.63, 3.8) is 0 Å². The van der Waals surface area contributed by atoms with Crippen LogP contribution in [0.4, 0.5) is 0 Å². The van der Waals surface area contributed by atoms with Gasteiger partial charge in [-0.3, -0.25) is 0 Å². The maximum absolute atomic E-state index is 6.15. The second kappa shape index (κ2) is 4.47. The highest BCUT2D eigenvalue weighted by Gasteiger charge is 2.26. The van der Waals surface area contributed by atoms with E-state index in [-0.39, 0.29) is 5.41 Å². The summed E-state index contributed by atoms with van der Waals surface area (Å²) in [4.78, 5) is 0. The van der Waals surface area contributed by atoms with Gasteiger partial charge in [-0.2, -0.15) is 11.3 Å². The third kappa shape index (κ3) is 2.26. The summed E-state index contributed by atoms with van der Waals surface area (Å²) in [6.07, 6.45) is 3.60. The number of rotatable bonds is 4. The van der Waals surface area contributed by atoms with Crippen LogP contribution in [0.25, 0.3) is 0 Å².